The van der Waals surface area contributed by atoms with E-state index in [1.807, 2.05) is 37.4 Å². The molecule has 0 radical (unpaired) electrons. The number of hydrogen-bond donors (Lipinski definition) is 1. The van der Waals surface area contributed by atoms with E-state index in [0.29, 0.717) is 5.52 Å². The number of aromatic nitrogens is 2. The number of carbonyl (C=O) groups is 1. The summed E-state index contributed by atoms with van der Waals surface area (Å²) in [6.45, 7) is 2.02. The van der Waals surface area contributed by atoms with Gasteiger partial charge in [0.1, 0.15) is 5.82 Å². The number of fused-ring (bicyclic) bond motifs is 1. The Morgan fingerprint density at radius 2 is 1.95 bits per heavy atom. The van der Waals surface area contributed by atoms with Crippen LogP contribution < -0.4 is 0 Å². The van der Waals surface area contributed by atoms with Gasteiger partial charge in [-0.15, -0.1) is 0 Å². The van der Waals surface area contributed by atoms with E-state index in [1.165, 1.54) is 5.56 Å². The number of imidazole rings is 1. The maximum atomic E-state index is 11.2. The third kappa shape index (κ3) is 1.87. The Morgan fingerprint density at radius 1 is 1.21 bits per heavy atom. The topological polar surface area (TPSA) is 54.6 Å². The third-order valence-corrected chi connectivity index (χ3v) is 3.11. The zero-order valence-corrected chi connectivity index (χ0v) is 10.4. The number of aromatic carboxylic acids is 1. The fourth-order valence-electron chi connectivity index (χ4n) is 2.12. The number of aryl methyl sites for hydroxylation is 1. The van der Waals surface area contributed by atoms with Crippen molar-refractivity contribution < 1.29 is 9.90 Å². The molecule has 19 heavy (non-hydrogen) atoms. The van der Waals surface area contributed by atoms with Crippen LogP contribution in [0.3, 0.4) is 0 Å². The van der Waals surface area contributed by atoms with Gasteiger partial charge in [-0.3, -0.25) is 4.40 Å². The average Bonchev–Trinajstić information content (AvgIpc) is 2.83. The van der Waals surface area contributed by atoms with Crippen LogP contribution in [0.2, 0.25) is 0 Å². The van der Waals surface area contributed by atoms with E-state index in [2.05, 4.69) is 4.98 Å². The Balaban J connectivity index is 2.24. The maximum absolute atomic E-state index is 11.2. The van der Waals surface area contributed by atoms with E-state index in [4.69, 9.17) is 5.11 Å². The first-order chi connectivity index (χ1) is 9.16. The molecule has 0 bridgehead atoms. The molecular formula is C15H12N2O2. The summed E-state index contributed by atoms with van der Waals surface area (Å²) in [5, 5.41) is 9.16. The van der Waals surface area contributed by atoms with Crippen molar-refractivity contribution in [2.75, 3.05) is 0 Å². The molecule has 0 amide bonds. The molecule has 0 unspecified atom stereocenters. The lowest BCUT2D eigenvalue weighted by molar-refractivity contribution is 0.0698. The summed E-state index contributed by atoms with van der Waals surface area (Å²) < 4.78 is 1.80. The molecule has 0 aliphatic rings. The second-order valence-corrected chi connectivity index (χ2v) is 4.43. The minimum absolute atomic E-state index is 0.258. The molecule has 2 heterocycles. The minimum atomic E-state index is -0.944. The summed E-state index contributed by atoms with van der Waals surface area (Å²) in [6, 6.07) is 11.3. The van der Waals surface area contributed by atoms with Gasteiger partial charge in [-0.1, -0.05) is 29.8 Å². The van der Waals surface area contributed by atoms with Crippen molar-refractivity contribution in [3.05, 3.63) is 59.9 Å². The largest absolute Gasteiger partial charge is 0.478 e. The second kappa shape index (κ2) is 4.24. The molecule has 0 saturated carbocycles. The Bertz CT molecular complexity index is 757. The van der Waals surface area contributed by atoms with E-state index in [-0.39, 0.29) is 5.56 Å². The van der Waals surface area contributed by atoms with E-state index < -0.39 is 5.97 Å². The van der Waals surface area contributed by atoms with Gasteiger partial charge in [-0.05, 0) is 19.1 Å². The highest BCUT2D eigenvalue weighted by atomic mass is 16.4. The van der Waals surface area contributed by atoms with Crippen LogP contribution in [0.4, 0.5) is 0 Å². The van der Waals surface area contributed by atoms with Crippen molar-refractivity contribution >= 4 is 11.5 Å². The highest BCUT2D eigenvalue weighted by Gasteiger charge is 2.12. The maximum Gasteiger partial charge on any atom is 0.337 e. The standard InChI is InChI=1S/C15H12N2O2/c1-10-4-6-11(7-5-10)14-16-9-13-12(15(18)19)3-2-8-17(13)14/h2-9H,1H3,(H,18,19). The normalized spacial score (nSPS) is 10.8. The SMILES string of the molecule is Cc1ccc(-c2ncc3c(C(=O)O)cccn23)cc1. The highest BCUT2D eigenvalue weighted by Crippen LogP contribution is 2.22. The molecule has 0 spiro atoms. The molecule has 94 valence electrons. The van der Waals surface area contributed by atoms with Gasteiger partial charge in [-0.25, -0.2) is 9.78 Å². The molecule has 1 aromatic carbocycles. The summed E-state index contributed by atoms with van der Waals surface area (Å²) in [4.78, 5) is 15.5. The summed E-state index contributed by atoms with van der Waals surface area (Å²) in [5.41, 5.74) is 3.00. The van der Waals surface area contributed by atoms with Crippen LogP contribution in [-0.2, 0) is 0 Å². The highest BCUT2D eigenvalue weighted by molar-refractivity contribution is 5.95. The zero-order valence-electron chi connectivity index (χ0n) is 10.4. The third-order valence-electron chi connectivity index (χ3n) is 3.11. The number of pyridine rings is 1. The molecule has 0 aliphatic heterocycles. The smallest absolute Gasteiger partial charge is 0.337 e. The molecule has 0 atom stereocenters. The van der Waals surface area contributed by atoms with Crippen LogP contribution in [0.15, 0.2) is 48.8 Å². The van der Waals surface area contributed by atoms with Crippen molar-refractivity contribution in [2.45, 2.75) is 6.92 Å². The van der Waals surface area contributed by atoms with Gasteiger partial charge in [0.25, 0.3) is 0 Å². The second-order valence-electron chi connectivity index (χ2n) is 4.43. The monoisotopic (exact) mass is 252 g/mol. The minimum Gasteiger partial charge on any atom is -0.478 e. The quantitative estimate of drug-likeness (QED) is 0.762. The van der Waals surface area contributed by atoms with Gasteiger partial charge in [0, 0.05) is 11.8 Å². The molecule has 0 aliphatic carbocycles. The van der Waals surface area contributed by atoms with Crippen LogP contribution in [0.5, 0.6) is 0 Å². The number of hydrogen-bond acceptors (Lipinski definition) is 2. The number of benzene rings is 1. The summed E-state index contributed by atoms with van der Waals surface area (Å²) >= 11 is 0. The van der Waals surface area contributed by atoms with Gasteiger partial charge >= 0.3 is 5.97 Å². The fraction of sp³-hybridized carbons (Fsp3) is 0.0667. The molecule has 0 saturated heterocycles. The Labute approximate surface area is 110 Å². The van der Waals surface area contributed by atoms with Crippen molar-refractivity contribution in [1.82, 2.24) is 9.38 Å². The van der Waals surface area contributed by atoms with Crippen LogP contribution >= 0.6 is 0 Å². The van der Waals surface area contributed by atoms with Crippen molar-refractivity contribution in [3.8, 4) is 11.4 Å². The van der Waals surface area contributed by atoms with Crippen LogP contribution in [0.1, 0.15) is 15.9 Å². The molecule has 3 aromatic rings. The zero-order chi connectivity index (χ0) is 13.4. The number of carboxylic acids is 1. The first-order valence-corrected chi connectivity index (χ1v) is 5.93. The first kappa shape index (κ1) is 11.5. The lowest BCUT2D eigenvalue weighted by Crippen LogP contribution is -1.99. The molecule has 2 aromatic heterocycles. The van der Waals surface area contributed by atoms with Gasteiger partial charge in [-0.2, -0.15) is 0 Å². The lowest BCUT2D eigenvalue weighted by Gasteiger charge is -2.03. The Hall–Kier alpha value is -2.62. The Kier molecular flexibility index (Phi) is 2.56. The molecule has 3 rings (SSSR count). The molecular weight excluding hydrogens is 240 g/mol. The van der Waals surface area contributed by atoms with Crippen LogP contribution in [0, 0.1) is 6.92 Å². The predicted octanol–water partition coefficient (Wildman–Crippen LogP) is 3.01. The summed E-state index contributed by atoms with van der Waals surface area (Å²) in [5.74, 6) is -0.195. The number of rotatable bonds is 2. The van der Waals surface area contributed by atoms with E-state index >= 15 is 0 Å². The number of nitrogens with zero attached hydrogens (tertiary/aromatic N) is 2. The van der Waals surface area contributed by atoms with Gasteiger partial charge in [0.15, 0.2) is 0 Å². The van der Waals surface area contributed by atoms with Crippen molar-refractivity contribution in [1.29, 1.82) is 0 Å². The molecule has 0 fully saturated rings. The summed E-state index contributed by atoms with van der Waals surface area (Å²) in [6.07, 6.45) is 3.42. The molecule has 1 N–H and O–H groups in total. The van der Waals surface area contributed by atoms with Crippen LogP contribution in [-0.4, -0.2) is 20.5 Å². The van der Waals surface area contributed by atoms with Crippen molar-refractivity contribution in [3.63, 3.8) is 0 Å². The molecule has 4 heteroatoms. The van der Waals surface area contributed by atoms with E-state index in [0.717, 1.165) is 11.4 Å². The predicted molar refractivity (Wildman–Crippen MR) is 72.3 cm³/mol. The van der Waals surface area contributed by atoms with Gasteiger partial charge in [0.05, 0.1) is 17.3 Å². The van der Waals surface area contributed by atoms with E-state index in [9.17, 15) is 4.79 Å². The van der Waals surface area contributed by atoms with Gasteiger partial charge < -0.3 is 5.11 Å². The lowest BCUT2D eigenvalue weighted by atomic mass is 10.1. The fourth-order valence-corrected chi connectivity index (χ4v) is 2.12. The summed E-state index contributed by atoms with van der Waals surface area (Å²) in [7, 11) is 0. The molecule has 4 nitrogen and oxygen atoms in total. The first-order valence-electron chi connectivity index (χ1n) is 5.93. The Morgan fingerprint density at radius 3 is 2.63 bits per heavy atom. The van der Waals surface area contributed by atoms with E-state index in [1.54, 1.807) is 22.7 Å². The van der Waals surface area contributed by atoms with Gasteiger partial charge in [0.2, 0.25) is 0 Å². The number of carboxylic acid groups (broad SMARTS) is 1. The average molecular weight is 252 g/mol. The van der Waals surface area contributed by atoms with Crippen molar-refractivity contribution in [2.24, 2.45) is 0 Å². The van der Waals surface area contributed by atoms with Crippen LogP contribution in [0.25, 0.3) is 16.9 Å².